The summed E-state index contributed by atoms with van der Waals surface area (Å²) in [7, 11) is 0. The van der Waals surface area contributed by atoms with E-state index >= 15 is 0 Å². The van der Waals surface area contributed by atoms with E-state index in [9.17, 15) is 18.8 Å². The smallest absolute Gasteiger partial charge is 0.324 e. The number of nitrogens with one attached hydrogen (secondary N) is 3. The zero-order valence-electron chi connectivity index (χ0n) is 17.7. The van der Waals surface area contributed by atoms with Crippen LogP contribution in [0, 0.1) is 11.7 Å². The molecule has 166 valence electrons. The number of nitrogens with zero attached hydrogens (tertiary/aromatic N) is 1. The third-order valence-corrected chi connectivity index (χ3v) is 6.56. The van der Waals surface area contributed by atoms with E-state index in [1.54, 1.807) is 12.3 Å². The van der Waals surface area contributed by atoms with Gasteiger partial charge in [-0.15, -0.1) is 0 Å². The van der Waals surface area contributed by atoms with Crippen LogP contribution in [0.15, 0.2) is 24.4 Å². The van der Waals surface area contributed by atoms with Crippen LogP contribution in [0.2, 0.25) is 0 Å². The number of urea groups is 1. The number of aromatic amines is 1. The lowest BCUT2D eigenvalue weighted by molar-refractivity contribution is -0.127. The van der Waals surface area contributed by atoms with Gasteiger partial charge in [-0.2, -0.15) is 0 Å². The average Bonchev–Trinajstić information content (AvgIpc) is 3.26. The SMILES string of the molecule is C[C@@H]1CCCC[C@H]1NC(=O)CC[C@H]1NC(=O)N(CCc2c[nH]c3ccc(F)cc23)C1=O. The van der Waals surface area contributed by atoms with Gasteiger partial charge in [0.05, 0.1) is 0 Å². The fourth-order valence-corrected chi connectivity index (χ4v) is 4.66. The highest BCUT2D eigenvalue weighted by atomic mass is 19.1. The Balaban J connectivity index is 1.29. The van der Waals surface area contributed by atoms with Crippen molar-refractivity contribution in [1.29, 1.82) is 0 Å². The van der Waals surface area contributed by atoms with Gasteiger partial charge in [0.1, 0.15) is 11.9 Å². The second-order valence-corrected chi connectivity index (χ2v) is 8.72. The van der Waals surface area contributed by atoms with E-state index in [4.69, 9.17) is 0 Å². The molecule has 1 aliphatic carbocycles. The van der Waals surface area contributed by atoms with E-state index in [0.29, 0.717) is 12.3 Å². The molecule has 1 aromatic heterocycles. The standard InChI is InChI=1S/C23H29FN4O3/c1-14-4-2-3-5-18(14)26-21(29)9-8-20-22(30)28(23(31)27-20)11-10-15-13-25-19-7-6-16(24)12-17(15)19/h6-7,12-14,18,20,25H,2-5,8-11H2,1H3,(H,26,29)(H,27,31)/t14-,18-,20-/m1/s1. The molecule has 0 spiro atoms. The number of rotatable bonds is 7. The van der Waals surface area contributed by atoms with E-state index in [0.717, 1.165) is 35.7 Å². The van der Waals surface area contributed by atoms with Gasteiger partial charge >= 0.3 is 6.03 Å². The maximum absolute atomic E-state index is 13.6. The molecule has 7 nitrogen and oxygen atoms in total. The molecule has 2 fully saturated rings. The summed E-state index contributed by atoms with van der Waals surface area (Å²) in [4.78, 5) is 41.6. The molecule has 31 heavy (non-hydrogen) atoms. The number of hydrogen-bond donors (Lipinski definition) is 3. The number of hydrogen-bond acceptors (Lipinski definition) is 3. The van der Waals surface area contributed by atoms with Crippen molar-refractivity contribution in [2.24, 2.45) is 5.92 Å². The normalized spacial score (nSPS) is 23.9. The van der Waals surface area contributed by atoms with Crippen LogP contribution >= 0.6 is 0 Å². The Bertz CT molecular complexity index is 988. The number of carbonyl (C=O) groups excluding carboxylic acids is 3. The highest BCUT2D eigenvalue weighted by Crippen LogP contribution is 2.24. The zero-order valence-corrected chi connectivity index (χ0v) is 17.7. The topological polar surface area (TPSA) is 94.3 Å². The minimum Gasteiger partial charge on any atom is -0.361 e. The molecule has 1 saturated heterocycles. The van der Waals surface area contributed by atoms with Gasteiger partial charge in [-0.25, -0.2) is 9.18 Å². The Hall–Kier alpha value is -2.90. The first-order valence-electron chi connectivity index (χ1n) is 11.1. The monoisotopic (exact) mass is 428 g/mol. The van der Waals surface area contributed by atoms with Gasteiger partial charge < -0.3 is 15.6 Å². The number of amides is 4. The van der Waals surface area contributed by atoms with Gasteiger partial charge in [0.15, 0.2) is 0 Å². The molecule has 2 aromatic rings. The Labute approximate surface area is 180 Å². The fourth-order valence-electron chi connectivity index (χ4n) is 4.66. The number of imide groups is 1. The highest BCUT2D eigenvalue weighted by molar-refractivity contribution is 6.04. The first-order chi connectivity index (χ1) is 14.9. The van der Waals surface area contributed by atoms with Gasteiger partial charge in [0, 0.05) is 36.1 Å². The molecule has 1 aliphatic heterocycles. The predicted octanol–water partition coefficient (Wildman–Crippen LogP) is 3.25. The molecule has 0 unspecified atom stereocenters. The fraction of sp³-hybridized carbons (Fsp3) is 0.522. The molecule has 8 heteroatoms. The summed E-state index contributed by atoms with van der Waals surface area (Å²) >= 11 is 0. The van der Waals surface area contributed by atoms with Gasteiger partial charge in [-0.1, -0.05) is 19.8 Å². The lowest BCUT2D eigenvalue weighted by atomic mass is 9.86. The minimum atomic E-state index is -0.678. The van der Waals surface area contributed by atoms with Crippen molar-refractivity contribution in [3.63, 3.8) is 0 Å². The maximum atomic E-state index is 13.6. The molecular weight excluding hydrogens is 399 g/mol. The van der Waals surface area contributed by atoms with Crippen molar-refractivity contribution in [3.8, 4) is 0 Å². The molecule has 4 rings (SSSR count). The van der Waals surface area contributed by atoms with Crippen LogP contribution in [0.3, 0.4) is 0 Å². The number of H-pyrrole nitrogens is 1. The van der Waals surface area contributed by atoms with E-state index < -0.39 is 12.1 Å². The van der Waals surface area contributed by atoms with Crippen LogP contribution in [0.5, 0.6) is 0 Å². The number of halogens is 1. The summed E-state index contributed by atoms with van der Waals surface area (Å²) in [5, 5.41) is 6.52. The Morgan fingerprint density at radius 3 is 2.87 bits per heavy atom. The van der Waals surface area contributed by atoms with Crippen molar-refractivity contribution in [3.05, 3.63) is 35.8 Å². The van der Waals surface area contributed by atoms with Gasteiger partial charge in [-0.05, 0) is 55.4 Å². The van der Waals surface area contributed by atoms with E-state index in [1.807, 2.05) is 0 Å². The van der Waals surface area contributed by atoms with Crippen molar-refractivity contribution in [1.82, 2.24) is 20.5 Å². The summed E-state index contributed by atoms with van der Waals surface area (Å²) in [5.41, 5.74) is 1.66. The lowest BCUT2D eigenvalue weighted by Gasteiger charge is -2.29. The predicted molar refractivity (Wildman–Crippen MR) is 115 cm³/mol. The van der Waals surface area contributed by atoms with Crippen LogP contribution in [0.25, 0.3) is 10.9 Å². The summed E-state index contributed by atoms with van der Waals surface area (Å²) in [6, 6.07) is 3.58. The molecule has 3 N–H and O–H groups in total. The molecule has 3 atom stereocenters. The van der Waals surface area contributed by atoms with E-state index in [2.05, 4.69) is 22.5 Å². The number of fused-ring (bicyclic) bond motifs is 1. The first-order valence-corrected chi connectivity index (χ1v) is 11.1. The molecule has 4 amide bonds. The number of carbonyl (C=O) groups is 3. The van der Waals surface area contributed by atoms with E-state index in [-0.39, 0.29) is 43.1 Å². The highest BCUT2D eigenvalue weighted by Gasteiger charge is 2.37. The van der Waals surface area contributed by atoms with Gasteiger partial charge in [0.2, 0.25) is 5.91 Å². The third-order valence-electron chi connectivity index (χ3n) is 6.56. The van der Waals surface area contributed by atoms with E-state index in [1.165, 1.54) is 23.5 Å². The van der Waals surface area contributed by atoms with Crippen LogP contribution in [0.1, 0.15) is 51.0 Å². The summed E-state index contributed by atoms with van der Waals surface area (Å²) < 4.78 is 13.6. The molecule has 1 aromatic carbocycles. The zero-order chi connectivity index (χ0) is 22.0. The third kappa shape index (κ3) is 4.73. The minimum absolute atomic E-state index is 0.0694. The van der Waals surface area contributed by atoms with Gasteiger partial charge in [0.25, 0.3) is 5.91 Å². The van der Waals surface area contributed by atoms with Crippen molar-refractivity contribution < 1.29 is 18.8 Å². The Morgan fingerprint density at radius 1 is 1.26 bits per heavy atom. The van der Waals surface area contributed by atoms with Crippen LogP contribution in [0.4, 0.5) is 9.18 Å². The van der Waals surface area contributed by atoms with Crippen molar-refractivity contribution in [2.75, 3.05) is 6.54 Å². The second-order valence-electron chi connectivity index (χ2n) is 8.72. The van der Waals surface area contributed by atoms with Crippen molar-refractivity contribution in [2.45, 2.75) is 64.0 Å². The Kier molecular flexibility index (Phi) is 6.25. The molecule has 1 saturated carbocycles. The van der Waals surface area contributed by atoms with Gasteiger partial charge in [-0.3, -0.25) is 14.5 Å². The maximum Gasteiger partial charge on any atom is 0.324 e. The Morgan fingerprint density at radius 2 is 2.06 bits per heavy atom. The van der Waals surface area contributed by atoms with Crippen molar-refractivity contribution >= 4 is 28.7 Å². The second kappa shape index (κ2) is 9.08. The summed E-state index contributed by atoms with van der Waals surface area (Å²) in [6.07, 6.45) is 7.15. The largest absolute Gasteiger partial charge is 0.361 e. The van der Waals surface area contributed by atoms with Crippen LogP contribution in [-0.2, 0) is 16.0 Å². The average molecular weight is 429 g/mol. The number of benzene rings is 1. The first kappa shape index (κ1) is 21.3. The molecule has 2 heterocycles. The quantitative estimate of drug-likeness (QED) is 0.591. The summed E-state index contributed by atoms with van der Waals surface area (Å²) in [6.45, 7) is 2.36. The molecule has 2 aliphatic rings. The molecule has 0 bridgehead atoms. The summed E-state index contributed by atoms with van der Waals surface area (Å²) in [5.74, 6) is -0.238. The number of aromatic nitrogens is 1. The molecular formula is C23H29FN4O3. The molecule has 0 radical (unpaired) electrons. The lowest BCUT2D eigenvalue weighted by Crippen LogP contribution is -2.41. The van der Waals surface area contributed by atoms with Crippen LogP contribution < -0.4 is 10.6 Å². The van der Waals surface area contributed by atoms with Crippen LogP contribution in [-0.4, -0.2) is 46.4 Å².